The molecule has 0 aliphatic heterocycles. The second-order valence-corrected chi connectivity index (χ2v) is 1.88. The van der Waals surface area contributed by atoms with Gasteiger partial charge in [0.05, 0.1) is 0 Å². The molecule has 0 heterocycles. The highest BCUT2D eigenvalue weighted by Crippen LogP contribution is 2.14. The fraction of sp³-hybridized carbons (Fsp3) is 0.600. The molecule has 0 aromatic rings. The molecule has 0 spiro atoms. The van der Waals surface area contributed by atoms with Gasteiger partial charge in [-0.1, -0.05) is 6.92 Å². The zero-order chi connectivity index (χ0) is 9.07. The Kier molecular flexibility index (Phi) is 2.97. The third kappa shape index (κ3) is 1.47. The summed E-state index contributed by atoms with van der Waals surface area (Å²) in [5.41, 5.74) is -2.53. The van der Waals surface area contributed by atoms with Crippen molar-refractivity contribution in [1.29, 1.82) is 0 Å². The molecule has 64 valence electrons. The predicted octanol–water partition coefficient (Wildman–Crippen LogP) is -0.206. The van der Waals surface area contributed by atoms with E-state index in [2.05, 4.69) is 4.89 Å². The largest absolute Gasteiger partial charge is 0.479 e. The number of hydrogen-bond acceptors (Lipinski definition) is 4. The highest BCUT2D eigenvalue weighted by atomic mass is 17.1. The lowest BCUT2D eigenvalue weighted by Crippen LogP contribution is -2.47. The highest BCUT2D eigenvalue weighted by molar-refractivity contribution is 6.01. The first-order valence-electron chi connectivity index (χ1n) is 2.80. The average Bonchev–Trinajstić information content (AvgIpc) is 1.90. The maximum atomic E-state index is 10.3. The van der Waals surface area contributed by atoms with Crippen LogP contribution in [0.25, 0.3) is 0 Å². The first-order chi connectivity index (χ1) is 5.01. The van der Waals surface area contributed by atoms with Crippen LogP contribution in [0.1, 0.15) is 13.3 Å². The molecule has 0 aliphatic carbocycles. The van der Waals surface area contributed by atoms with Gasteiger partial charge in [-0.05, 0) is 6.42 Å². The van der Waals surface area contributed by atoms with Gasteiger partial charge in [0.1, 0.15) is 0 Å². The number of aliphatic carboxylic acids is 2. The SMILES string of the molecule is CCC(OO)(C(=O)O)C(=O)O. The zero-order valence-corrected chi connectivity index (χ0v) is 5.77. The van der Waals surface area contributed by atoms with Crippen LogP contribution >= 0.6 is 0 Å². The second-order valence-electron chi connectivity index (χ2n) is 1.88. The number of rotatable bonds is 4. The Morgan fingerprint density at radius 3 is 1.73 bits per heavy atom. The van der Waals surface area contributed by atoms with Gasteiger partial charge in [0.25, 0.3) is 5.60 Å². The summed E-state index contributed by atoms with van der Waals surface area (Å²) in [6, 6.07) is 0. The first-order valence-corrected chi connectivity index (χ1v) is 2.80. The molecule has 6 nitrogen and oxygen atoms in total. The Labute approximate surface area is 61.9 Å². The van der Waals surface area contributed by atoms with E-state index in [-0.39, 0.29) is 6.42 Å². The van der Waals surface area contributed by atoms with Crippen molar-refractivity contribution in [1.82, 2.24) is 0 Å². The van der Waals surface area contributed by atoms with Crippen molar-refractivity contribution in [3.05, 3.63) is 0 Å². The number of carbonyl (C=O) groups is 2. The average molecular weight is 164 g/mol. The van der Waals surface area contributed by atoms with Crippen LogP contribution in [0.2, 0.25) is 0 Å². The summed E-state index contributed by atoms with van der Waals surface area (Å²) < 4.78 is 0. The Balaban J connectivity index is 4.76. The van der Waals surface area contributed by atoms with Gasteiger partial charge in [0.15, 0.2) is 0 Å². The van der Waals surface area contributed by atoms with Crippen LogP contribution in [0.15, 0.2) is 0 Å². The number of carboxylic acids is 2. The molecule has 0 fully saturated rings. The van der Waals surface area contributed by atoms with Crippen LogP contribution in [0, 0.1) is 0 Å². The van der Waals surface area contributed by atoms with Crippen molar-refractivity contribution >= 4 is 11.9 Å². The Morgan fingerprint density at radius 1 is 1.36 bits per heavy atom. The van der Waals surface area contributed by atoms with Gasteiger partial charge in [-0.3, -0.25) is 5.26 Å². The van der Waals surface area contributed by atoms with Crippen LogP contribution in [0.4, 0.5) is 0 Å². The summed E-state index contributed by atoms with van der Waals surface area (Å²) in [7, 11) is 0. The van der Waals surface area contributed by atoms with E-state index in [1.807, 2.05) is 0 Å². The maximum absolute atomic E-state index is 10.3. The zero-order valence-electron chi connectivity index (χ0n) is 5.77. The third-order valence-corrected chi connectivity index (χ3v) is 1.34. The second kappa shape index (κ2) is 3.31. The quantitative estimate of drug-likeness (QED) is 0.302. The molecular formula is C5H8O6. The molecule has 0 saturated carbocycles. The fourth-order valence-electron chi connectivity index (χ4n) is 0.537. The number of hydrogen-bond donors (Lipinski definition) is 3. The minimum atomic E-state index is -2.53. The van der Waals surface area contributed by atoms with E-state index in [0.29, 0.717) is 0 Å². The van der Waals surface area contributed by atoms with Crippen LogP contribution in [0.3, 0.4) is 0 Å². The molecule has 6 heteroatoms. The Bertz CT molecular complexity index is 154. The van der Waals surface area contributed by atoms with Crippen LogP contribution in [-0.2, 0) is 14.5 Å². The van der Waals surface area contributed by atoms with Gasteiger partial charge in [-0.25, -0.2) is 14.5 Å². The van der Waals surface area contributed by atoms with Gasteiger partial charge in [0.2, 0.25) is 0 Å². The van der Waals surface area contributed by atoms with Crippen molar-refractivity contribution < 1.29 is 29.9 Å². The fourth-order valence-corrected chi connectivity index (χ4v) is 0.537. The number of carboxylic acid groups (broad SMARTS) is 2. The normalized spacial score (nSPS) is 11.1. The molecule has 0 aromatic heterocycles. The molecule has 0 bridgehead atoms. The van der Waals surface area contributed by atoms with Gasteiger partial charge in [0, 0.05) is 0 Å². The van der Waals surface area contributed by atoms with Crippen molar-refractivity contribution in [2.75, 3.05) is 0 Å². The molecule has 0 atom stereocenters. The van der Waals surface area contributed by atoms with E-state index in [9.17, 15) is 9.59 Å². The molecule has 0 rings (SSSR count). The summed E-state index contributed by atoms with van der Waals surface area (Å²) >= 11 is 0. The summed E-state index contributed by atoms with van der Waals surface area (Å²) in [4.78, 5) is 23.9. The lowest BCUT2D eigenvalue weighted by atomic mass is 10.0. The van der Waals surface area contributed by atoms with Gasteiger partial charge >= 0.3 is 11.9 Å². The highest BCUT2D eigenvalue weighted by Gasteiger charge is 2.47. The molecule has 0 unspecified atom stereocenters. The summed E-state index contributed by atoms with van der Waals surface area (Å²) in [5.74, 6) is -3.45. The van der Waals surface area contributed by atoms with Crippen LogP contribution < -0.4 is 0 Å². The first kappa shape index (κ1) is 9.86. The molecule has 0 amide bonds. The minimum absolute atomic E-state index is 0.353. The summed E-state index contributed by atoms with van der Waals surface area (Å²) in [6.07, 6.45) is -0.353. The molecule has 11 heavy (non-hydrogen) atoms. The van der Waals surface area contributed by atoms with E-state index in [1.54, 1.807) is 0 Å². The van der Waals surface area contributed by atoms with E-state index >= 15 is 0 Å². The summed E-state index contributed by atoms with van der Waals surface area (Å²) in [6.45, 7) is 1.28. The third-order valence-electron chi connectivity index (χ3n) is 1.34. The van der Waals surface area contributed by atoms with Crippen LogP contribution in [-0.4, -0.2) is 33.0 Å². The predicted molar refractivity (Wildman–Crippen MR) is 32.0 cm³/mol. The van der Waals surface area contributed by atoms with E-state index in [4.69, 9.17) is 15.5 Å². The van der Waals surface area contributed by atoms with Crippen LogP contribution in [0.5, 0.6) is 0 Å². The Morgan fingerprint density at radius 2 is 1.73 bits per heavy atom. The lowest BCUT2D eigenvalue weighted by molar-refractivity contribution is -0.312. The van der Waals surface area contributed by atoms with Gasteiger partial charge in [-0.2, -0.15) is 0 Å². The topological polar surface area (TPSA) is 104 Å². The monoisotopic (exact) mass is 164 g/mol. The Hall–Kier alpha value is -1.14. The standard InChI is InChI=1S/C5H8O6/c1-2-5(11-10,3(6)7)4(8)9/h10H,2H2,1H3,(H,6,7)(H,8,9). The summed E-state index contributed by atoms with van der Waals surface area (Å²) in [5, 5.41) is 24.7. The molecule has 0 aliphatic rings. The maximum Gasteiger partial charge on any atom is 0.351 e. The van der Waals surface area contributed by atoms with E-state index in [0.717, 1.165) is 0 Å². The molecule has 0 saturated heterocycles. The van der Waals surface area contributed by atoms with Crippen molar-refractivity contribution in [2.45, 2.75) is 18.9 Å². The van der Waals surface area contributed by atoms with Crippen molar-refractivity contribution in [3.63, 3.8) is 0 Å². The molecule has 0 radical (unpaired) electrons. The van der Waals surface area contributed by atoms with E-state index in [1.165, 1.54) is 6.92 Å². The van der Waals surface area contributed by atoms with E-state index < -0.39 is 17.5 Å². The van der Waals surface area contributed by atoms with Crippen molar-refractivity contribution in [3.8, 4) is 0 Å². The van der Waals surface area contributed by atoms with Crippen molar-refractivity contribution in [2.24, 2.45) is 0 Å². The molecular weight excluding hydrogens is 156 g/mol. The smallest absolute Gasteiger partial charge is 0.351 e. The van der Waals surface area contributed by atoms with Gasteiger partial charge in [-0.15, -0.1) is 0 Å². The molecule has 3 N–H and O–H groups in total. The molecule has 0 aromatic carbocycles. The minimum Gasteiger partial charge on any atom is -0.479 e. The van der Waals surface area contributed by atoms with Gasteiger partial charge < -0.3 is 10.2 Å². The lowest BCUT2D eigenvalue weighted by Gasteiger charge is -2.17.